The van der Waals surface area contributed by atoms with Crippen LogP contribution in [0.5, 0.6) is 11.5 Å². The number of amides is 1. The maximum absolute atomic E-state index is 13.7. The molecule has 3 aromatic rings. The predicted octanol–water partition coefficient (Wildman–Crippen LogP) is 3.19. The van der Waals surface area contributed by atoms with Gasteiger partial charge in [-0.3, -0.25) is 4.79 Å². The Labute approximate surface area is 135 Å². The molecular formula is C16H10F2N4O2. The monoisotopic (exact) mass is 328 g/mol. The molecule has 0 aliphatic carbocycles. The average Bonchev–Trinajstić information content (AvgIpc) is 2.57. The molecular weight excluding hydrogens is 318 g/mol. The number of carbonyl (C=O) groups is 1. The molecule has 1 N–H and O–H groups in total. The summed E-state index contributed by atoms with van der Waals surface area (Å²) in [5.41, 5.74) is -0.0492. The molecule has 0 fully saturated rings. The van der Waals surface area contributed by atoms with Crippen LogP contribution in [0.2, 0.25) is 0 Å². The standard InChI is InChI=1S/C16H10F2N4O2/c17-11-4-10(16(23)22-15-14(18)2-1-3-21-15)5-12(6-11)24-13-7-19-9-20-8-13/h1-9H,(H,21,22,23). The van der Waals surface area contributed by atoms with Crippen molar-refractivity contribution in [2.24, 2.45) is 0 Å². The van der Waals surface area contributed by atoms with Gasteiger partial charge in [-0.05, 0) is 24.3 Å². The second-order valence-electron chi connectivity index (χ2n) is 4.64. The quantitative estimate of drug-likeness (QED) is 0.796. The Hall–Kier alpha value is -3.42. The highest BCUT2D eigenvalue weighted by atomic mass is 19.1. The number of anilines is 1. The third-order valence-electron chi connectivity index (χ3n) is 2.90. The van der Waals surface area contributed by atoms with Crippen molar-refractivity contribution in [2.45, 2.75) is 0 Å². The van der Waals surface area contributed by atoms with E-state index < -0.39 is 17.5 Å². The van der Waals surface area contributed by atoms with Crippen molar-refractivity contribution < 1.29 is 18.3 Å². The highest BCUT2D eigenvalue weighted by Gasteiger charge is 2.13. The van der Waals surface area contributed by atoms with E-state index in [1.165, 1.54) is 37.1 Å². The molecule has 8 heteroatoms. The lowest BCUT2D eigenvalue weighted by Crippen LogP contribution is -2.14. The number of pyridine rings is 1. The van der Waals surface area contributed by atoms with Crippen molar-refractivity contribution in [3.63, 3.8) is 0 Å². The molecule has 0 radical (unpaired) electrons. The Bertz CT molecular complexity index is 875. The number of aromatic nitrogens is 3. The molecule has 0 bridgehead atoms. The van der Waals surface area contributed by atoms with Gasteiger partial charge in [-0.2, -0.15) is 0 Å². The Balaban J connectivity index is 1.83. The Morgan fingerprint density at radius 3 is 2.62 bits per heavy atom. The van der Waals surface area contributed by atoms with Crippen LogP contribution in [0.15, 0.2) is 55.2 Å². The van der Waals surface area contributed by atoms with E-state index >= 15 is 0 Å². The molecule has 1 aromatic carbocycles. The van der Waals surface area contributed by atoms with E-state index in [1.54, 1.807) is 0 Å². The number of hydrogen-bond donors (Lipinski definition) is 1. The van der Waals surface area contributed by atoms with Crippen molar-refractivity contribution in [2.75, 3.05) is 5.32 Å². The number of hydrogen-bond acceptors (Lipinski definition) is 5. The van der Waals surface area contributed by atoms with Crippen LogP contribution in [-0.4, -0.2) is 20.9 Å². The summed E-state index contributed by atoms with van der Waals surface area (Å²) in [7, 11) is 0. The highest BCUT2D eigenvalue weighted by Crippen LogP contribution is 2.23. The number of benzene rings is 1. The number of halogens is 2. The minimum Gasteiger partial charge on any atom is -0.454 e. The van der Waals surface area contributed by atoms with Gasteiger partial charge in [0, 0.05) is 17.8 Å². The zero-order chi connectivity index (χ0) is 16.9. The summed E-state index contributed by atoms with van der Waals surface area (Å²) >= 11 is 0. The first-order chi connectivity index (χ1) is 11.6. The lowest BCUT2D eigenvalue weighted by molar-refractivity contribution is 0.102. The fourth-order valence-corrected chi connectivity index (χ4v) is 1.88. The first-order valence-corrected chi connectivity index (χ1v) is 6.77. The molecule has 0 atom stereocenters. The van der Waals surface area contributed by atoms with Crippen molar-refractivity contribution >= 4 is 11.7 Å². The summed E-state index contributed by atoms with van der Waals surface area (Å²) in [6, 6.07) is 5.96. The van der Waals surface area contributed by atoms with Crippen LogP contribution in [-0.2, 0) is 0 Å². The van der Waals surface area contributed by atoms with E-state index in [4.69, 9.17) is 4.74 Å². The first kappa shape index (κ1) is 15.5. The molecule has 0 unspecified atom stereocenters. The predicted molar refractivity (Wildman–Crippen MR) is 80.7 cm³/mol. The zero-order valence-corrected chi connectivity index (χ0v) is 12.1. The average molecular weight is 328 g/mol. The van der Waals surface area contributed by atoms with Gasteiger partial charge in [0.05, 0.1) is 12.4 Å². The van der Waals surface area contributed by atoms with Crippen LogP contribution in [0, 0.1) is 11.6 Å². The summed E-state index contributed by atoms with van der Waals surface area (Å²) in [4.78, 5) is 23.4. The molecule has 2 aromatic heterocycles. The molecule has 1 amide bonds. The third kappa shape index (κ3) is 3.67. The van der Waals surface area contributed by atoms with Gasteiger partial charge >= 0.3 is 0 Å². The smallest absolute Gasteiger partial charge is 0.257 e. The largest absolute Gasteiger partial charge is 0.454 e. The summed E-state index contributed by atoms with van der Waals surface area (Å²) < 4.78 is 32.6. The zero-order valence-electron chi connectivity index (χ0n) is 12.1. The molecule has 24 heavy (non-hydrogen) atoms. The normalized spacial score (nSPS) is 10.2. The van der Waals surface area contributed by atoms with Crippen LogP contribution in [0.4, 0.5) is 14.6 Å². The summed E-state index contributed by atoms with van der Waals surface area (Å²) in [6.07, 6.45) is 5.43. The SMILES string of the molecule is O=C(Nc1ncccc1F)c1cc(F)cc(Oc2cncnc2)c1. The molecule has 0 spiro atoms. The minimum absolute atomic E-state index is 0.0492. The molecule has 0 saturated carbocycles. The van der Waals surface area contributed by atoms with E-state index in [0.717, 1.165) is 18.2 Å². The Morgan fingerprint density at radius 1 is 1.08 bits per heavy atom. The first-order valence-electron chi connectivity index (χ1n) is 6.77. The van der Waals surface area contributed by atoms with Gasteiger partial charge in [0.15, 0.2) is 17.4 Å². The molecule has 0 saturated heterocycles. The Morgan fingerprint density at radius 2 is 1.88 bits per heavy atom. The van der Waals surface area contributed by atoms with E-state index in [0.29, 0.717) is 0 Å². The number of nitrogens with zero attached hydrogens (tertiary/aromatic N) is 3. The number of nitrogens with one attached hydrogen (secondary N) is 1. The summed E-state index contributed by atoms with van der Waals surface area (Å²) in [5, 5.41) is 2.27. The lowest BCUT2D eigenvalue weighted by atomic mass is 10.2. The van der Waals surface area contributed by atoms with Crippen LogP contribution >= 0.6 is 0 Å². The second-order valence-corrected chi connectivity index (χ2v) is 4.64. The van der Waals surface area contributed by atoms with Crippen LogP contribution in [0.3, 0.4) is 0 Å². The number of carbonyl (C=O) groups excluding carboxylic acids is 1. The molecule has 3 rings (SSSR count). The number of ether oxygens (including phenoxy) is 1. The van der Waals surface area contributed by atoms with Gasteiger partial charge in [-0.15, -0.1) is 0 Å². The fraction of sp³-hybridized carbons (Fsp3) is 0. The minimum atomic E-state index is -0.721. The van der Waals surface area contributed by atoms with Crippen LogP contribution in [0.25, 0.3) is 0 Å². The van der Waals surface area contributed by atoms with Gasteiger partial charge in [-0.1, -0.05) is 0 Å². The van der Waals surface area contributed by atoms with Crippen LogP contribution < -0.4 is 10.1 Å². The number of rotatable bonds is 4. The van der Waals surface area contributed by atoms with E-state index in [1.807, 2.05) is 0 Å². The molecule has 120 valence electrons. The molecule has 2 heterocycles. The fourth-order valence-electron chi connectivity index (χ4n) is 1.88. The lowest BCUT2D eigenvalue weighted by Gasteiger charge is -2.08. The highest BCUT2D eigenvalue weighted by molar-refractivity contribution is 6.04. The van der Waals surface area contributed by atoms with Crippen molar-refractivity contribution in [1.29, 1.82) is 0 Å². The van der Waals surface area contributed by atoms with E-state index in [2.05, 4.69) is 20.3 Å². The Kier molecular flexibility index (Phi) is 4.37. The van der Waals surface area contributed by atoms with Gasteiger partial charge in [0.2, 0.25) is 0 Å². The van der Waals surface area contributed by atoms with Gasteiger partial charge in [0.25, 0.3) is 5.91 Å². The maximum atomic E-state index is 13.7. The van der Waals surface area contributed by atoms with Crippen molar-refractivity contribution in [3.05, 3.63) is 72.4 Å². The van der Waals surface area contributed by atoms with Crippen molar-refractivity contribution in [1.82, 2.24) is 15.0 Å². The van der Waals surface area contributed by atoms with Gasteiger partial charge in [-0.25, -0.2) is 23.7 Å². The molecule has 6 nitrogen and oxygen atoms in total. The topological polar surface area (TPSA) is 77.0 Å². The third-order valence-corrected chi connectivity index (χ3v) is 2.90. The van der Waals surface area contributed by atoms with Crippen molar-refractivity contribution in [3.8, 4) is 11.5 Å². The van der Waals surface area contributed by atoms with E-state index in [9.17, 15) is 13.6 Å². The molecule has 0 aliphatic heterocycles. The van der Waals surface area contributed by atoms with Gasteiger partial charge < -0.3 is 10.1 Å². The second kappa shape index (κ2) is 6.78. The molecule has 0 aliphatic rings. The van der Waals surface area contributed by atoms with Gasteiger partial charge in [0.1, 0.15) is 17.9 Å². The summed E-state index contributed by atoms with van der Waals surface area (Å²) in [6.45, 7) is 0. The van der Waals surface area contributed by atoms with E-state index in [-0.39, 0.29) is 22.9 Å². The van der Waals surface area contributed by atoms with Crippen LogP contribution in [0.1, 0.15) is 10.4 Å². The summed E-state index contributed by atoms with van der Waals surface area (Å²) in [5.74, 6) is -1.98. The maximum Gasteiger partial charge on any atom is 0.257 e.